The summed E-state index contributed by atoms with van der Waals surface area (Å²) in [5, 5.41) is 41.2. The van der Waals surface area contributed by atoms with Crippen LogP contribution in [0.15, 0.2) is 48.5 Å². The third kappa shape index (κ3) is 9.12. The largest absolute Gasteiger partial charge is 0.484 e. The predicted molar refractivity (Wildman–Crippen MR) is 139 cm³/mol. The Bertz CT molecular complexity index is 1110. The van der Waals surface area contributed by atoms with E-state index in [-0.39, 0.29) is 43.3 Å². The van der Waals surface area contributed by atoms with E-state index in [9.17, 15) is 29.7 Å². The maximum atomic E-state index is 12.1. The summed E-state index contributed by atoms with van der Waals surface area (Å²) in [7, 11) is 0. The Balaban J connectivity index is 1.26. The summed E-state index contributed by atoms with van der Waals surface area (Å²) in [6.45, 7) is 1.85. The van der Waals surface area contributed by atoms with Gasteiger partial charge in [0.1, 0.15) is 29.8 Å². The minimum absolute atomic E-state index is 0.00650. The number of benzene rings is 2. The van der Waals surface area contributed by atoms with Gasteiger partial charge in [0, 0.05) is 19.4 Å². The molecule has 212 valence electrons. The molecule has 0 spiro atoms. The molecule has 0 aromatic heterocycles. The van der Waals surface area contributed by atoms with Gasteiger partial charge in [-0.2, -0.15) is 0 Å². The molecule has 1 amide bonds. The molecule has 11 heteroatoms. The Labute approximate surface area is 226 Å². The number of Topliss-reactive ketones (excluding diaryl/α,β-unsaturated/α-hetero) is 1. The van der Waals surface area contributed by atoms with E-state index in [0.717, 1.165) is 11.1 Å². The van der Waals surface area contributed by atoms with Crippen LogP contribution in [0.4, 0.5) is 0 Å². The summed E-state index contributed by atoms with van der Waals surface area (Å²) in [5.74, 6) is -0.816. The summed E-state index contributed by atoms with van der Waals surface area (Å²) in [6.07, 6.45) is -4.26. The minimum Gasteiger partial charge on any atom is -0.484 e. The fourth-order valence-corrected chi connectivity index (χ4v) is 4.03. The molecule has 39 heavy (non-hydrogen) atoms. The quantitative estimate of drug-likeness (QED) is 0.219. The van der Waals surface area contributed by atoms with Gasteiger partial charge < -0.3 is 40.0 Å². The fraction of sp³-hybridized carbons (Fsp3) is 0.464. The number of hydrogen-bond donors (Lipinski definition) is 5. The number of aromatic carboxylic acids is 1. The average molecular weight is 546 g/mol. The van der Waals surface area contributed by atoms with E-state index >= 15 is 0 Å². The molecule has 5 N–H and O–H groups in total. The van der Waals surface area contributed by atoms with Crippen molar-refractivity contribution in [3.63, 3.8) is 0 Å². The Morgan fingerprint density at radius 1 is 0.923 bits per heavy atom. The number of amides is 1. The number of carbonyl (C=O) groups excluding carboxylic acids is 2. The van der Waals surface area contributed by atoms with E-state index in [2.05, 4.69) is 5.32 Å². The first-order valence-electron chi connectivity index (χ1n) is 12.8. The van der Waals surface area contributed by atoms with Gasteiger partial charge in [0.15, 0.2) is 12.9 Å². The molecule has 0 radical (unpaired) electrons. The third-order valence-corrected chi connectivity index (χ3v) is 6.31. The Morgan fingerprint density at radius 2 is 1.64 bits per heavy atom. The van der Waals surface area contributed by atoms with Gasteiger partial charge in [-0.05, 0) is 55.2 Å². The minimum atomic E-state index is -1.37. The van der Waals surface area contributed by atoms with Crippen LogP contribution < -0.4 is 10.1 Å². The van der Waals surface area contributed by atoms with Crippen LogP contribution in [0.5, 0.6) is 5.75 Å². The van der Waals surface area contributed by atoms with Crippen LogP contribution in [0, 0.1) is 0 Å². The number of carboxylic acid groups (broad SMARTS) is 1. The van der Waals surface area contributed by atoms with Crippen molar-refractivity contribution in [3.05, 3.63) is 54.1 Å². The van der Waals surface area contributed by atoms with Crippen molar-refractivity contribution < 1.29 is 49.0 Å². The van der Waals surface area contributed by atoms with Crippen LogP contribution in [-0.2, 0) is 19.1 Å². The molecular weight excluding hydrogens is 510 g/mol. The maximum Gasteiger partial charge on any atom is 0.335 e. The van der Waals surface area contributed by atoms with Crippen molar-refractivity contribution in [2.75, 3.05) is 19.8 Å². The topological polar surface area (TPSA) is 172 Å². The Morgan fingerprint density at radius 3 is 2.36 bits per heavy atom. The molecule has 0 aliphatic carbocycles. The molecule has 2 unspecified atom stereocenters. The van der Waals surface area contributed by atoms with Crippen molar-refractivity contribution in [3.8, 4) is 16.9 Å². The second-order valence-corrected chi connectivity index (χ2v) is 9.35. The molecule has 2 aromatic rings. The summed E-state index contributed by atoms with van der Waals surface area (Å²) >= 11 is 0. The van der Waals surface area contributed by atoms with Crippen molar-refractivity contribution in [2.24, 2.45) is 0 Å². The summed E-state index contributed by atoms with van der Waals surface area (Å²) in [5.41, 5.74) is 1.77. The molecule has 3 rings (SSSR count). The number of aliphatic hydroxyl groups excluding tert-OH is 3. The standard InChI is InChI=1S/C28H35NO10/c1-17-24(32)25(33)26(34)28(39-17)37-14-4-8-21(30)7-3-13-29-23(31)16-38-22-11-9-18(10-12-22)19-5-2-6-20(15-19)27(35)36/h2,5-6,9-12,15,17,24-26,28,32-34H,3-4,7-8,13-14,16H2,1H3,(H,29,31)(H,35,36)/t17-,24-,25?,26-,28?/m0/s1. The fourth-order valence-electron chi connectivity index (χ4n) is 4.03. The highest BCUT2D eigenvalue weighted by Crippen LogP contribution is 2.24. The number of ether oxygens (including phenoxy) is 3. The zero-order chi connectivity index (χ0) is 28.4. The molecule has 1 aliphatic heterocycles. The summed E-state index contributed by atoms with van der Waals surface area (Å²) in [6, 6.07) is 13.6. The monoisotopic (exact) mass is 545 g/mol. The highest BCUT2D eigenvalue weighted by Gasteiger charge is 2.42. The molecule has 2 aromatic carbocycles. The molecule has 0 bridgehead atoms. The molecule has 5 atom stereocenters. The lowest BCUT2D eigenvalue weighted by Crippen LogP contribution is -2.57. The average Bonchev–Trinajstić information content (AvgIpc) is 2.94. The molecule has 0 saturated carbocycles. The molecular formula is C28H35NO10. The van der Waals surface area contributed by atoms with Crippen molar-refractivity contribution in [1.82, 2.24) is 5.32 Å². The number of nitrogens with one attached hydrogen (secondary N) is 1. The number of carbonyl (C=O) groups is 3. The van der Waals surface area contributed by atoms with E-state index in [1.807, 2.05) is 6.07 Å². The smallest absolute Gasteiger partial charge is 0.335 e. The zero-order valence-corrected chi connectivity index (χ0v) is 21.7. The first-order valence-corrected chi connectivity index (χ1v) is 12.8. The molecule has 1 aliphatic rings. The molecule has 11 nitrogen and oxygen atoms in total. The number of hydrogen-bond acceptors (Lipinski definition) is 9. The second kappa shape index (κ2) is 14.7. The van der Waals surface area contributed by atoms with Gasteiger partial charge in [-0.25, -0.2) is 4.79 Å². The van der Waals surface area contributed by atoms with Gasteiger partial charge in [0.25, 0.3) is 5.91 Å². The van der Waals surface area contributed by atoms with Crippen LogP contribution in [0.2, 0.25) is 0 Å². The lowest BCUT2D eigenvalue weighted by molar-refractivity contribution is -0.293. The van der Waals surface area contributed by atoms with Gasteiger partial charge in [-0.15, -0.1) is 0 Å². The van der Waals surface area contributed by atoms with Gasteiger partial charge in [0.2, 0.25) is 0 Å². The van der Waals surface area contributed by atoms with E-state index < -0.39 is 36.7 Å². The molecule has 1 saturated heterocycles. The van der Waals surface area contributed by atoms with Crippen molar-refractivity contribution in [1.29, 1.82) is 0 Å². The predicted octanol–water partition coefficient (Wildman–Crippen LogP) is 1.52. The first-order chi connectivity index (χ1) is 18.7. The summed E-state index contributed by atoms with van der Waals surface area (Å²) in [4.78, 5) is 35.3. The van der Waals surface area contributed by atoms with Gasteiger partial charge in [-0.3, -0.25) is 9.59 Å². The lowest BCUT2D eigenvalue weighted by atomic mass is 10.00. The molecule has 1 fully saturated rings. The van der Waals surface area contributed by atoms with Crippen LogP contribution >= 0.6 is 0 Å². The zero-order valence-electron chi connectivity index (χ0n) is 21.7. The summed E-state index contributed by atoms with van der Waals surface area (Å²) < 4.78 is 16.2. The van der Waals surface area contributed by atoms with Crippen LogP contribution in [-0.4, -0.2) is 88.6 Å². The van der Waals surface area contributed by atoms with Gasteiger partial charge in [0.05, 0.1) is 18.3 Å². The number of aliphatic hydroxyl groups is 3. The number of rotatable bonds is 14. The maximum absolute atomic E-state index is 12.1. The van der Waals surface area contributed by atoms with Gasteiger partial charge >= 0.3 is 5.97 Å². The van der Waals surface area contributed by atoms with Crippen molar-refractivity contribution in [2.45, 2.75) is 63.3 Å². The first kappa shape index (κ1) is 30.2. The van der Waals surface area contributed by atoms with E-state index in [1.54, 1.807) is 43.3 Å². The lowest BCUT2D eigenvalue weighted by Gasteiger charge is -2.38. The van der Waals surface area contributed by atoms with E-state index in [1.165, 1.54) is 6.07 Å². The number of carboxylic acids is 1. The van der Waals surface area contributed by atoms with Crippen LogP contribution in [0.3, 0.4) is 0 Å². The Hall–Kier alpha value is -3.35. The normalized spacial score (nSPS) is 22.7. The highest BCUT2D eigenvalue weighted by atomic mass is 16.7. The van der Waals surface area contributed by atoms with E-state index in [0.29, 0.717) is 25.1 Å². The van der Waals surface area contributed by atoms with E-state index in [4.69, 9.17) is 19.3 Å². The van der Waals surface area contributed by atoms with Crippen LogP contribution in [0.1, 0.15) is 43.0 Å². The van der Waals surface area contributed by atoms with Gasteiger partial charge in [-0.1, -0.05) is 24.3 Å². The Kier molecular flexibility index (Phi) is 11.4. The molecule has 1 heterocycles. The van der Waals surface area contributed by atoms with Crippen molar-refractivity contribution >= 4 is 17.7 Å². The third-order valence-electron chi connectivity index (χ3n) is 6.31. The highest BCUT2D eigenvalue weighted by molar-refractivity contribution is 5.89. The van der Waals surface area contributed by atoms with Crippen LogP contribution in [0.25, 0.3) is 11.1 Å². The second-order valence-electron chi connectivity index (χ2n) is 9.35. The number of ketones is 1. The SMILES string of the molecule is C[C@@H]1OC(OCCCC(=O)CCCNC(=O)COc2ccc(-c3cccc(C(=O)O)c3)cc2)[C@@H](O)C(O)[C@H]1O.